The van der Waals surface area contributed by atoms with E-state index in [9.17, 15) is 9.59 Å². The Kier molecular flexibility index (Phi) is 8.68. The quantitative estimate of drug-likeness (QED) is 0.247. The van der Waals surface area contributed by atoms with Crippen molar-refractivity contribution < 1.29 is 19.4 Å². The minimum Gasteiger partial charge on any atom is -0.481 e. The first-order chi connectivity index (χ1) is 16.9. The van der Waals surface area contributed by atoms with E-state index in [0.29, 0.717) is 24.1 Å². The van der Waals surface area contributed by atoms with Crippen molar-refractivity contribution in [2.45, 2.75) is 75.7 Å². The molecule has 4 rings (SSSR count). The van der Waals surface area contributed by atoms with E-state index in [1.54, 1.807) is 6.20 Å². The number of carboxylic acids is 1. The Balaban J connectivity index is 1.31. The second-order valence-corrected chi connectivity index (χ2v) is 12.2. The molecule has 2 aliphatic carbocycles. The zero-order valence-electron chi connectivity index (χ0n) is 20.4. The van der Waals surface area contributed by atoms with Gasteiger partial charge in [-0.2, -0.15) is 0 Å². The summed E-state index contributed by atoms with van der Waals surface area (Å²) in [7, 11) is 0. The van der Waals surface area contributed by atoms with E-state index in [1.165, 1.54) is 39.8 Å². The van der Waals surface area contributed by atoms with Gasteiger partial charge in [-0.3, -0.25) is 9.59 Å². The molecule has 1 saturated carbocycles. The fourth-order valence-electron chi connectivity index (χ4n) is 5.07. The molecule has 0 saturated heterocycles. The van der Waals surface area contributed by atoms with E-state index in [0.717, 1.165) is 42.7 Å². The van der Waals surface area contributed by atoms with Crippen LogP contribution in [-0.4, -0.2) is 33.8 Å². The van der Waals surface area contributed by atoms with E-state index < -0.39 is 5.97 Å². The van der Waals surface area contributed by atoms with Gasteiger partial charge in [-0.15, -0.1) is 11.8 Å². The topological polar surface area (TPSA) is 88.5 Å². The number of thioether (sulfide) groups is 1. The number of amides is 1. The summed E-state index contributed by atoms with van der Waals surface area (Å²) in [6.07, 6.45) is 8.72. The van der Waals surface area contributed by atoms with Crippen LogP contribution in [0.5, 0.6) is 0 Å². The fraction of sp³-hybridized carbons (Fsp3) is 0.519. The van der Waals surface area contributed by atoms with Crippen molar-refractivity contribution >= 4 is 40.1 Å². The standard InChI is InChI=1S/C27H34N2O4S2/c1-18(2)8-9-21-22(14-23(30)29-26-28-15-25(35-26)34-17-24(31)32)27(21)12-10-20(11-13-27)33-16-19-6-4-3-5-7-19/h3-7,15,18,20H,8-14,16-17H2,1-2H3,(H,31,32)(H,28,29,30). The summed E-state index contributed by atoms with van der Waals surface area (Å²) in [6.45, 7) is 5.15. The molecule has 0 bridgehead atoms. The molecule has 1 spiro atoms. The molecule has 35 heavy (non-hydrogen) atoms. The first-order valence-electron chi connectivity index (χ1n) is 12.3. The summed E-state index contributed by atoms with van der Waals surface area (Å²) in [6, 6.07) is 10.3. The van der Waals surface area contributed by atoms with Crippen LogP contribution < -0.4 is 5.32 Å². The van der Waals surface area contributed by atoms with Crippen LogP contribution in [0.4, 0.5) is 5.13 Å². The average Bonchev–Trinajstić information content (AvgIpc) is 3.15. The van der Waals surface area contributed by atoms with Gasteiger partial charge >= 0.3 is 5.97 Å². The van der Waals surface area contributed by atoms with Crippen LogP contribution in [0, 0.1) is 11.3 Å². The van der Waals surface area contributed by atoms with Crippen molar-refractivity contribution in [1.82, 2.24) is 4.98 Å². The zero-order valence-corrected chi connectivity index (χ0v) is 22.1. The maximum Gasteiger partial charge on any atom is 0.313 e. The molecular formula is C27H34N2O4S2. The van der Waals surface area contributed by atoms with Gasteiger partial charge < -0.3 is 15.2 Å². The number of carbonyl (C=O) groups excluding carboxylic acids is 1. The monoisotopic (exact) mass is 514 g/mol. The lowest BCUT2D eigenvalue weighted by molar-refractivity contribution is -0.133. The summed E-state index contributed by atoms with van der Waals surface area (Å²) in [5, 5.41) is 12.3. The lowest BCUT2D eigenvalue weighted by Crippen LogP contribution is -2.25. The number of ether oxygens (including phenoxy) is 1. The highest BCUT2D eigenvalue weighted by Gasteiger charge is 2.53. The highest BCUT2D eigenvalue weighted by Crippen LogP contribution is 2.64. The molecule has 0 aliphatic heterocycles. The van der Waals surface area contributed by atoms with E-state index in [4.69, 9.17) is 9.84 Å². The van der Waals surface area contributed by atoms with Crippen LogP contribution in [-0.2, 0) is 20.9 Å². The number of rotatable bonds is 12. The molecule has 6 nitrogen and oxygen atoms in total. The van der Waals surface area contributed by atoms with Crippen LogP contribution in [0.25, 0.3) is 0 Å². The molecule has 1 aromatic heterocycles. The van der Waals surface area contributed by atoms with Gasteiger partial charge in [0.25, 0.3) is 0 Å². The van der Waals surface area contributed by atoms with Crippen LogP contribution in [0.15, 0.2) is 51.9 Å². The number of nitrogens with one attached hydrogen (secondary N) is 1. The van der Waals surface area contributed by atoms with Gasteiger partial charge in [-0.05, 0) is 50.0 Å². The van der Waals surface area contributed by atoms with Gasteiger partial charge in [0.15, 0.2) is 5.13 Å². The molecule has 1 aromatic carbocycles. The highest BCUT2D eigenvalue weighted by atomic mass is 32.2. The van der Waals surface area contributed by atoms with E-state index in [2.05, 4.69) is 36.3 Å². The van der Waals surface area contributed by atoms with Crippen molar-refractivity contribution in [1.29, 1.82) is 0 Å². The number of allylic oxidation sites excluding steroid dienone is 1. The number of aromatic nitrogens is 1. The fourth-order valence-corrected chi connectivity index (χ4v) is 6.68. The first-order valence-corrected chi connectivity index (χ1v) is 14.1. The molecule has 0 unspecified atom stereocenters. The average molecular weight is 515 g/mol. The van der Waals surface area contributed by atoms with Crippen LogP contribution in [0.1, 0.15) is 64.4 Å². The number of benzene rings is 1. The lowest BCUT2D eigenvalue weighted by Gasteiger charge is -2.31. The third kappa shape index (κ3) is 6.96. The van der Waals surface area contributed by atoms with Crippen molar-refractivity contribution in [2.24, 2.45) is 11.3 Å². The zero-order chi connectivity index (χ0) is 24.8. The van der Waals surface area contributed by atoms with E-state index in [-0.39, 0.29) is 23.2 Å². The Labute approximate surface area is 215 Å². The second kappa shape index (κ2) is 11.7. The molecule has 1 amide bonds. The summed E-state index contributed by atoms with van der Waals surface area (Å²) in [5.74, 6) is -0.280. The van der Waals surface area contributed by atoms with Gasteiger partial charge in [0.2, 0.25) is 5.91 Å². The molecule has 0 atom stereocenters. The molecular weight excluding hydrogens is 480 g/mol. The largest absolute Gasteiger partial charge is 0.481 e. The molecule has 1 fully saturated rings. The van der Waals surface area contributed by atoms with Crippen LogP contribution in [0.2, 0.25) is 0 Å². The SMILES string of the molecule is CC(C)CCC1=C(CC(=O)Nc2ncc(SCC(=O)O)s2)C12CCC(OCc1ccccc1)CC2. The third-order valence-electron chi connectivity index (χ3n) is 6.95. The Hall–Kier alpha value is -2.16. The number of anilines is 1. The minimum absolute atomic E-state index is 0.0136. The molecule has 8 heteroatoms. The van der Waals surface area contributed by atoms with Crippen molar-refractivity contribution in [2.75, 3.05) is 11.1 Å². The van der Waals surface area contributed by atoms with E-state index >= 15 is 0 Å². The van der Waals surface area contributed by atoms with Crippen molar-refractivity contribution in [3.8, 4) is 0 Å². The summed E-state index contributed by atoms with van der Waals surface area (Å²) < 4.78 is 7.00. The van der Waals surface area contributed by atoms with Crippen LogP contribution in [0.3, 0.4) is 0 Å². The van der Waals surface area contributed by atoms with Gasteiger partial charge in [0.1, 0.15) is 0 Å². The normalized spacial score (nSPS) is 21.5. The molecule has 2 N–H and O–H groups in total. The molecule has 0 radical (unpaired) electrons. The number of aliphatic carboxylic acids is 1. The second-order valence-electron chi connectivity index (χ2n) is 9.86. The smallest absolute Gasteiger partial charge is 0.313 e. The summed E-state index contributed by atoms with van der Waals surface area (Å²) in [4.78, 5) is 27.9. The predicted molar refractivity (Wildman–Crippen MR) is 141 cm³/mol. The Morgan fingerprint density at radius 2 is 1.97 bits per heavy atom. The Bertz CT molecular complexity index is 1060. The maximum absolute atomic E-state index is 12.9. The third-order valence-corrected chi connectivity index (χ3v) is 9.04. The lowest BCUT2D eigenvalue weighted by atomic mass is 9.77. The van der Waals surface area contributed by atoms with Crippen molar-refractivity contribution in [3.05, 3.63) is 53.2 Å². The van der Waals surface area contributed by atoms with E-state index in [1.807, 2.05) is 18.2 Å². The number of carbonyl (C=O) groups is 2. The molecule has 2 aliphatic rings. The highest BCUT2D eigenvalue weighted by molar-refractivity contribution is 8.01. The number of hydrogen-bond donors (Lipinski definition) is 2. The van der Waals surface area contributed by atoms with Gasteiger partial charge in [0, 0.05) is 11.8 Å². The predicted octanol–water partition coefficient (Wildman–Crippen LogP) is 6.54. The number of carboxylic acid groups (broad SMARTS) is 1. The number of thiazole rings is 1. The van der Waals surface area contributed by atoms with Gasteiger partial charge in [-0.1, -0.05) is 66.7 Å². The summed E-state index contributed by atoms with van der Waals surface area (Å²) >= 11 is 2.54. The first kappa shape index (κ1) is 25.9. The van der Waals surface area contributed by atoms with Gasteiger partial charge in [0.05, 0.1) is 28.9 Å². The van der Waals surface area contributed by atoms with Crippen molar-refractivity contribution in [3.63, 3.8) is 0 Å². The summed E-state index contributed by atoms with van der Waals surface area (Å²) in [5.41, 5.74) is 4.15. The number of hydrogen-bond acceptors (Lipinski definition) is 6. The van der Waals surface area contributed by atoms with Crippen LogP contribution >= 0.6 is 23.1 Å². The Morgan fingerprint density at radius 1 is 1.23 bits per heavy atom. The minimum atomic E-state index is -0.867. The molecule has 188 valence electrons. The Morgan fingerprint density at radius 3 is 2.66 bits per heavy atom. The molecule has 2 aromatic rings. The number of nitrogens with zero attached hydrogens (tertiary/aromatic N) is 1. The molecule has 1 heterocycles. The van der Waals surface area contributed by atoms with Gasteiger partial charge in [-0.25, -0.2) is 4.98 Å². The maximum atomic E-state index is 12.9.